The number of hydrogen-bond donors (Lipinski definition) is 2. The van der Waals surface area contributed by atoms with Gasteiger partial charge in [-0.15, -0.1) is 0 Å². The molecule has 0 aliphatic carbocycles. The number of hydrogen-bond acceptors (Lipinski definition) is 1. The first-order valence-corrected chi connectivity index (χ1v) is 4.28. The monoisotopic (exact) mass is 200 g/mol. The average Bonchev–Trinajstić information content (AvgIpc) is 2.08. The van der Waals surface area contributed by atoms with Crippen molar-refractivity contribution in [3.8, 4) is 0 Å². The molecule has 4 N–H and O–H groups in total. The lowest BCUT2D eigenvalue weighted by molar-refractivity contribution is -0.407. The van der Waals surface area contributed by atoms with Gasteiger partial charge < -0.3 is 10.8 Å². The van der Waals surface area contributed by atoms with Crippen LogP contribution in [0.5, 0.6) is 0 Å². The van der Waals surface area contributed by atoms with E-state index in [0.29, 0.717) is 11.4 Å². The van der Waals surface area contributed by atoms with E-state index in [4.69, 9.17) is 16.7 Å². The standard InChI is InChI=1S/C9H10ClNO2/c10-7-4-2-1-3-6(7)5-8(11)9(12)13/h1-4,8H,5,11H2,(H,12,13)/p+1/t8-/m0/s1. The van der Waals surface area contributed by atoms with Gasteiger partial charge in [0.15, 0.2) is 6.04 Å². The Hall–Kier alpha value is -1.06. The molecule has 13 heavy (non-hydrogen) atoms. The molecule has 1 aromatic carbocycles. The fourth-order valence-electron chi connectivity index (χ4n) is 1.02. The third kappa shape index (κ3) is 2.72. The fourth-order valence-corrected chi connectivity index (χ4v) is 1.23. The summed E-state index contributed by atoms with van der Waals surface area (Å²) in [7, 11) is 0. The van der Waals surface area contributed by atoms with Crippen LogP contribution in [-0.2, 0) is 11.2 Å². The first-order valence-electron chi connectivity index (χ1n) is 3.90. The lowest BCUT2D eigenvalue weighted by Gasteiger charge is -2.04. The van der Waals surface area contributed by atoms with Crippen molar-refractivity contribution in [2.75, 3.05) is 0 Å². The predicted molar refractivity (Wildman–Crippen MR) is 49.5 cm³/mol. The highest BCUT2D eigenvalue weighted by molar-refractivity contribution is 6.31. The molecule has 0 aromatic heterocycles. The maximum absolute atomic E-state index is 10.5. The van der Waals surface area contributed by atoms with Crippen LogP contribution < -0.4 is 5.73 Å². The molecule has 0 saturated carbocycles. The molecular formula is C9H11ClNO2+. The van der Waals surface area contributed by atoms with Crippen molar-refractivity contribution in [1.82, 2.24) is 0 Å². The van der Waals surface area contributed by atoms with Crippen LogP contribution in [0.15, 0.2) is 24.3 Å². The Kier molecular flexibility index (Phi) is 3.28. The van der Waals surface area contributed by atoms with E-state index in [1.165, 1.54) is 0 Å². The van der Waals surface area contributed by atoms with Crippen molar-refractivity contribution in [1.29, 1.82) is 0 Å². The number of carboxylic acids is 1. The van der Waals surface area contributed by atoms with Crippen LogP contribution in [-0.4, -0.2) is 17.1 Å². The topological polar surface area (TPSA) is 64.9 Å². The summed E-state index contributed by atoms with van der Waals surface area (Å²) in [6, 6.07) is 6.55. The van der Waals surface area contributed by atoms with Crippen LogP contribution in [0.3, 0.4) is 0 Å². The van der Waals surface area contributed by atoms with Crippen LogP contribution in [0.4, 0.5) is 0 Å². The van der Waals surface area contributed by atoms with Gasteiger partial charge in [-0.3, -0.25) is 0 Å². The van der Waals surface area contributed by atoms with Gasteiger partial charge in [-0.05, 0) is 11.6 Å². The molecule has 0 saturated heterocycles. The quantitative estimate of drug-likeness (QED) is 0.750. The Bertz CT molecular complexity index is 314. The van der Waals surface area contributed by atoms with E-state index < -0.39 is 12.0 Å². The number of quaternary nitrogens is 1. The lowest BCUT2D eigenvalue weighted by Crippen LogP contribution is -2.65. The molecule has 4 heteroatoms. The van der Waals surface area contributed by atoms with E-state index in [1.54, 1.807) is 6.07 Å². The maximum atomic E-state index is 10.5. The third-order valence-corrected chi connectivity index (χ3v) is 2.14. The molecule has 0 bridgehead atoms. The number of carboxylic acid groups (broad SMARTS) is 1. The maximum Gasteiger partial charge on any atom is 0.362 e. The first-order chi connectivity index (χ1) is 6.11. The van der Waals surface area contributed by atoms with Crippen molar-refractivity contribution in [3.63, 3.8) is 0 Å². The summed E-state index contributed by atoms with van der Waals surface area (Å²) < 4.78 is 0. The van der Waals surface area contributed by atoms with Crippen molar-refractivity contribution in [3.05, 3.63) is 34.9 Å². The first kappa shape index (κ1) is 10.0. The van der Waals surface area contributed by atoms with Gasteiger partial charge in [-0.1, -0.05) is 29.8 Å². The van der Waals surface area contributed by atoms with Gasteiger partial charge in [-0.25, -0.2) is 4.79 Å². The highest BCUT2D eigenvalue weighted by atomic mass is 35.5. The van der Waals surface area contributed by atoms with Crippen molar-refractivity contribution in [2.45, 2.75) is 12.5 Å². The zero-order valence-corrected chi connectivity index (χ0v) is 7.79. The highest BCUT2D eigenvalue weighted by Gasteiger charge is 2.16. The SMILES string of the molecule is [NH3+][C@@H](Cc1ccccc1Cl)C(=O)O. The van der Waals surface area contributed by atoms with E-state index >= 15 is 0 Å². The summed E-state index contributed by atoms with van der Waals surface area (Å²) in [6.45, 7) is 0. The molecule has 3 nitrogen and oxygen atoms in total. The van der Waals surface area contributed by atoms with E-state index in [0.717, 1.165) is 5.56 Å². The zero-order valence-electron chi connectivity index (χ0n) is 7.03. The molecule has 1 rings (SSSR count). The second kappa shape index (κ2) is 4.25. The molecule has 1 atom stereocenters. The van der Waals surface area contributed by atoms with Crippen LogP contribution in [0, 0.1) is 0 Å². The average molecular weight is 201 g/mol. The normalized spacial score (nSPS) is 12.5. The number of aliphatic carboxylic acids is 1. The summed E-state index contributed by atoms with van der Waals surface area (Å²) in [6.07, 6.45) is 0.370. The summed E-state index contributed by atoms with van der Waals surface area (Å²) in [5, 5.41) is 9.22. The minimum absolute atomic E-state index is 0.370. The molecule has 0 fully saturated rings. The summed E-state index contributed by atoms with van der Waals surface area (Å²) >= 11 is 5.85. The molecule has 1 aromatic rings. The number of carbonyl (C=O) groups is 1. The largest absolute Gasteiger partial charge is 0.477 e. The summed E-state index contributed by atoms with van der Waals surface area (Å²) in [5.74, 6) is -0.903. The number of rotatable bonds is 3. The smallest absolute Gasteiger partial charge is 0.362 e. The van der Waals surface area contributed by atoms with Gasteiger partial charge in [0.05, 0.1) is 0 Å². The Morgan fingerprint density at radius 3 is 2.69 bits per heavy atom. The van der Waals surface area contributed by atoms with Crippen LogP contribution in [0.2, 0.25) is 5.02 Å². The molecular weight excluding hydrogens is 190 g/mol. The van der Waals surface area contributed by atoms with Crippen LogP contribution in [0.25, 0.3) is 0 Å². The Morgan fingerprint density at radius 2 is 2.15 bits per heavy atom. The van der Waals surface area contributed by atoms with E-state index in [-0.39, 0.29) is 0 Å². The third-order valence-electron chi connectivity index (χ3n) is 1.77. The molecule has 0 amide bonds. The zero-order chi connectivity index (χ0) is 9.84. The number of halogens is 1. The van der Waals surface area contributed by atoms with Gasteiger partial charge >= 0.3 is 5.97 Å². The van der Waals surface area contributed by atoms with Crippen LogP contribution >= 0.6 is 11.6 Å². The second-order valence-corrected chi connectivity index (χ2v) is 3.24. The molecule has 0 spiro atoms. The highest BCUT2D eigenvalue weighted by Crippen LogP contribution is 2.15. The molecule has 0 unspecified atom stereocenters. The summed E-state index contributed by atoms with van der Waals surface area (Å²) in [5.41, 5.74) is 4.34. The molecule has 70 valence electrons. The lowest BCUT2D eigenvalue weighted by atomic mass is 10.1. The van der Waals surface area contributed by atoms with E-state index in [1.807, 2.05) is 18.2 Å². The fraction of sp³-hybridized carbons (Fsp3) is 0.222. The van der Waals surface area contributed by atoms with Crippen molar-refractivity contribution < 1.29 is 15.6 Å². The van der Waals surface area contributed by atoms with E-state index in [2.05, 4.69) is 5.73 Å². The number of benzene rings is 1. The summed E-state index contributed by atoms with van der Waals surface area (Å²) in [4.78, 5) is 10.5. The van der Waals surface area contributed by atoms with Gasteiger partial charge in [0.1, 0.15) is 0 Å². The second-order valence-electron chi connectivity index (χ2n) is 2.83. The minimum atomic E-state index is -0.903. The van der Waals surface area contributed by atoms with Gasteiger partial charge in [0, 0.05) is 11.4 Å². The van der Waals surface area contributed by atoms with Crippen LogP contribution in [0.1, 0.15) is 5.56 Å². The Labute approximate surface area is 81.1 Å². The Morgan fingerprint density at radius 1 is 1.54 bits per heavy atom. The minimum Gasteiger partial charge on any atom is -0.477 e. The van der Waals surface area contributed by atoms with Gasteiger partial charge in [0.2, 0.25) is 0 Å². The van der Waals surface area contributed by atoms with Gasteiger partial charge in [0.25, 0.3) is 0 Å². The molecule has 0 heterocycles. The van der Waals surface area contributed by atoms with Crippen molar-refractivity contribution >= 4 is 17.6 Å². The Balaban J connectivity index is 2.74. The van der Waals surface area contributed by atoms with Gasteiger partial charge in [-0.2, -0.15) is 0 Å². The predicted octanol–water partition coefficient (Wildman–Crippen LogP) is 0.578. The molecule has 0 aliphatic heterocycles. The molecule has 0 aliphatic rings. The molecule has 0 radical (unpaired) electrons. The van der Waals surface area contributed by atoms with Crippen molar-refractivity contribution in [2.24, 2.45) is 0 Å². The van der Waals surface area contributed by atoms with E-state index in [9.17, 15) is 4.79 Å².